The zero-order chi connectivity index (χ0) is 17.6. The molecule has 3 rings (SSSR count). The largest absolute Gasteiger partial charge is 0.324 e. The second-order valence-electron chi connectivity index (χ2n) is 5.04. The van der Waals surface area contributed by atoms with Crippen LogP contribution in [0, 0.1) is 17.1 Å². The summed E-state index contributed by atoms with van der Waals surface area (Å²) in [6, 6.07) is 14.6. The highest BCUT2D eigenvalue weighted by Crippen LogP contribution is 2.16. The van der Waals surface area contributed by atoms with Crippen molar-refractivity contribution in [2.24, 2.45) is 0 Å². The third-order valence-electron chi connectivity index (χ3n) is 3.29. The van der Waals surface area contributed by atoms with Crippen LogP contribution in [0.1, 0.15) is 15.9 Å². The van der Waals surface area contributed by atoms with Crippen LogP contribution in [0.4, 0.5) is 21.7 Å². The number of carbonyl (C=O) groups excluding carboxylic acids is 1. The van der Waals surface area contributed by atoms with Gasteiger partial charge in [-0.05, 0) is 30.3 Å². The monoisotopic (exact) mass is 333 g/mol. The molecule has 0 aliphatic carbocycles. The number of aromatic nitrogens is 2. The lowest BCUT2D eigenvalue weighted by molar-refractivity contribution is 0.102. The highest BCUT2D eigenvalue weighted by molar-refractivity contribution is 6.04. The van der Waals surface area contributed by atoms with Gasteiger partial charge in [0.25, 0.3) is 5.91 Å². The fourth-order valence-corrected chi connectivity index (χ4v) is 2.09. The molecule has 7 heteroatoms. The molecule has 2 aromatic carbocycles. The molecule has 1 amide bonds. The van der Waals surface area contributed by atoms with E-state index in [0.29, 0.717) is 16.9 Å². The average Bonchev–Trinajstić information content (AvgIpc) is 2.63. The first kappa shape index (κ1) is 16.1. The molecule has 2 N–H and O–H groups in total. The number of benzene rings is 2. The molecular formula is C18H12FN5O. The predicted molar refractivity (Wildman–Crippen MR) is 90.8 cm³/mol. The molecule has 0 unspecified atom stereocenters. The molecule has 0 atom stereocenters. The minimum absolute atomic E-state index is 0.234. The first-order valence-corrected chi connectivity index (χ1v) is 7.31. The molecule has 0 bridgehead atoms. The van der Waals surface area contributed by atoms with Gasteiger partial charge < -0.3 is 10.6 Å². The van der Waals surface area contributed by atoms with Crippen LogP contribution in [0.5, 0.6) is 0 Å². The summed E-state index contributed by atoms with van der Waals surface area (Å²) in [5, 5.41) is 14.5. The van der Waals surface area contributed by atoms with Crippen molar-refractivity contribution in [2.45, 2.75) is 0 Å². The molecular weight excluding hydrogens is 321 g/mol. The highest BCUT2D eigenvalue weighted by Gasteiger charge is 2.10. The van der Waals surface area contributed by atoms with Gasteiger partial charge in [0, 0.05) is 18.1 Å². The van der Waals surface area contributed by atoms with E-state index in [9.17, 15) is 9.18 Å². The summed E-state index contributed by atoms with van der Waals surface area (Å²) < 4.78 is 13.2. The number of nitriles is 1. The summed E-state index contributed by atoms with van der Waals surface area (Å²) in [6.07, 6.45) is 2.69. The van der Waals surface area contributed by atoms with Gasteiger partial charge in [-0.25, -0.2) is 14.4 Å². The Kier molecular flexibility index (Phi) is 4.62. The van der Waals surface area contributed by atoms with E-state index in [0.717, 1.165) is 0 Å². The van der Waals surface area contributed by atoms with Crippen molar-refractivity contribution in [1.29, 1.82) is 5.26 Å². The van der Waals surface area contributed by atoms with Crippen molar-refractivity contribution in [1.82, 2.24) is 9.97 Å². The summed E-state index contributed by atoms with van der Waals surface area (Å²) in [6.45, 7) is 0. The fourth-order valence-electron chi connectivity index (χ4n) is 2.09. The van der Waals surface area contributed by atoms with Gasteiger partial charge in [0.2, 0.25) is 5.95 Å². The third kappa shape index (κ3) is 3.95. The fraction of sp³-hybridized carbons (Fsp3) is 0. The van der Waals surface area contributed by atoms with Crippen molar-refractivity contribution in [3.63, 3.8) is 0 Å². The number of para-hydroxylation sites is 1. The molecule has 122 valence electrons. The zero-order valence-corrected chi connectivity index (χ0v) is 12.9. The molecule has 0 spiro atoms. The van der Waals surface area contributed by atoms with E-state index in [2.05, 4.69) is 20.6 Å². The Morgan fingerprint density at radius 2 is 1.84 bits per heavy atom. The van der Waals surface area contributed by atoms with Crippen molar-refractivity contribution in [3.8, 4) is 6.07 Å². The number of carbonyl (C=O) groups is 1. The molecule has 0 radical (unpaired) electrons. The quantitative estimate of drug-likeness (QED) is 0.763. The summed E-state index contributed by atoms with van der Waals surface area (Å²) in [5.74, 6) is -0.572. The van der Waals surface area contributed by atoms with E-state index >= 15 is 0 Å². The van der Waals surface area contributed by atoms with Crippen LogP contribution in [0.2, 0.25) is 0 Å². The van der Waals surface area contributed by atoms with Crippen LogP contribution < -0.4 is 10.6 Å². The summed E-state index contributed by atoms with van der Waals surface area (Å²) in [7, 11) is 0. The van der Waals surface area contributed by atoms with Crippen molar-refractivity contribution < 1.29 is 9.18 Å². The number of hydrogen-bond acceptors (Lipinski definition) is 5. The number of nitrogens with one attached hydrogen (secondary N) is 2. The van der Waals surface area contributed by atoms with Crippen LogP contribution in [0.25, 0.3) is 0 Å². The third-order valence-corrected chi connectivity index (χ3v) is 3.29. The number of rotatable bonds is 4. The Bertz CT molecular complexity index is 950. The van der Waals surface area contributed by atoms with Crippen LogP contribution in [0.15, 0.2) is 60.9 Å². The Hall–Kier alpha value is -3.79. The van der Waals surface area contributed by atoms with Crippen LogP contribution in [0.3, 0.4) is 0 Å². The van der Waals surface area contributed by atoms with E-state index < -0.39 is 5.91 Å². The second-order valence-corrected chi connectivity index (χ2v) is 5.04. The molecule has 1 heterocycles. The van der Waals surface area contributed by atoms with Crippen molar-refractivity contribution in [2.75, 3.05) is 10.6 Å². The molecule has 0 aliphatic heterocycles. The highest BCUT2D eigenvalue weighted by atomic mass is 19.1. The molecule has 1 aromatic heterocycles. The average molecular weight is 333 g/mol. The van der Waals surface area contributed by atoms with Gasteiger partial charge in [-0.3, -0.25) is 4.79 Å². The molecule has 0 saturated carbocycles. The second kappa shape index (κ2) is 7.19. The smallest absolute Gasteiger partial charge is 0.258 e. The van der Waals surface area contributed by atoms with Gasteiger partial charge in [0.05, 0.1) is 16.8 Å². The van der Waals surface area contributed by atoms with Gasteiger partial charge in [-0.1, -0.05) is 18.2 Å². The summed E-state index contributed by atoms with van der Waals surface area (Å²) in [5.41, 5.74) is 1.51. The van der Waals surface area contributed by atoms with Gasteiger partial charge in [0.1, 0.15) is 11.9 Å². The van der Waals surface area contributed by atoms with Gasteiger partial charge in [-0.15, -0.1) is 0 Å². The Morgan fingerprint density at radius 1 is 1.08 bits per heavy atom. The van der Waals surface area contributed by atoms with E-state index in [-0.39, 0.29) is 17.3 Å². The maximum absolute atomic E-state index is 13.2. The Labute approximate surface area is 143 Å². The molecule has 25 heavy (non-hydrogen) atoms. The summed E-state index contributed by atoms with van der Waals surface area (Å²) >= 11 is 0. The van der Waals surface area contributed by atoms with Crippen LogP contribution in [-0.4, -0.2) is 15.9 Å². The Balaban J connectivity index is 1.71. The SMILES string of the molecule is N#Cc1ccccc1NC(=O)c1cnc(Nc2cccc(F)c2)nc1. The van der Waals surface area contributed by atoms with Gasteiger partial charge in [0.15, 0.2) is 0 Å². The standard InChI is InChI=1S/C18H12FN5O/c19-14-5-3-6-15(8-14)23-18-21-10-13(11-22-18)17(25)24-16-7-2-1-4-12(16)9-20/h1-8,10-11H,(H,24,25)(H,21,22,23). The van der Waals surface area contributed by atoms with E-state index in [1.54, 1.807) is 36.4 Å². The molecule has 0 saturated heterocycles. The molecule has 6 nitrogen and oxygen atoms in total. The number of halogens is 1. The maximum Gasteiger partial charge on any atom is 0.258 e. The number of anilines is 3. The van der Waals surface area contributed by atoms with E-state index in [4.69, 9.17) is 5.26 Å². The lowest BCUT2D eigenvalue weighted by atomic mass is 10.2. The lowest BCUT2D eigenvalue weighted by Crippen LogP contribution is -2.14. The normalized spacial score (nSPS) is 9.92. The zero-order valence-electron chi connectivity index (χ0n) is 12.9. The molecule has 0 fully saturated rings. The summed E-state index contributed by atoms with van der Waals surface area (Å²) in [4.78, 5) is 20.3. The van der Waals surface area contributed by atoms with Crippen LogP contribution >= 0.6 is 0 Å². The van der Waals surface area contributed by atoms with Gasteiger partial charge >= 0.3 is 0 Å². The maximum atomic E-state index is 13.2. The van der Waals surface area contributed by atoms with Crippen LogP contribution in [-0.2, 0) is 0 Å². The number of nitrogens with zero attached hydrogens (tertiary/aromatic N) is 3. The lowest BCUT2D eigenvalue weighted by Gasteiger charge is -2.07. The van der Waals surface area contributed by atoms with E-state index in [1.807, 2.05) is 6.07 Å². The Morgan fingerprint density at radius 3 is 2.56 bits per heavy atom. The molecule has 0 aliphatic rings. The first-order chi connectivity index (χ1) is 12.2. The minimum Gasteiger partial charge on any atom is -0.324 e. The topological polar surface area (TPSA) is 90.7 Å². The molecule has 3 aromatic rings. The van der Waals surface area contributed by atoms with Crippen molar-refractivity contribution >= 4 is 23.2 Å². The minimum atomic E-state index is -0.431. The first-order valence-electron chi connectivity index (χ1n) is 7.31. The van der Waals surface area contributed by atoms with Gasteiger partial charge in [-0.2, -0.15) is 5.26 Å². The van der Waals surface area contributed by atoms with Crippen molar-refractivity contribution in [3.05, 3.63) is 77.9 Å². The number of hydrogen-bond donors (Lipinski definition) is 2. The van der Waals surface area contributed by atoms with E-state index in [1.165, 1.54) is 24.5 Å². The predicted octanol–water partition coefficient (Wildman–Crippen LogP) is 3.48. The number of amides is 1.